The fourth-order valence-electron chi connectivity index (χ4n) is 0. The number of nitrogens with zero attached hydrogens (tertiary/aromatic N) is 6. The number of rotatable bonds is 0. The zero-order chi connectivity index (χ0) is 12.0. The van der Waals surface area contributed by atoms with Gasteiger partial charge in [-0.05, 0) is 0 Å². The zero-order valence-corrected chi connectivity index (χ0v) is 10.8. The van der Waals surface area contributed by atoms with E-state index >= 15 is 0 Å². The van der Waals surface area contributed by atoms with E-state index in [4.69, 9.17) is 71.0 Å². The van der Waals surface area contributed by atoms with Gasteiger partial charge in [-0.15, -0.1) is 0 Å². The van der Waals surface area contributed by atoms with E-state index in [1.165, 1.54) is 0 Å². The number of hydrogen-bond acceptors (Lipinski definition) is 6. The van der Waals surface area contributed by atoms with Crippen LogP contribution in [0, 0.1) is 113 Å². The third-order valence-corrected chi connectivity index (χ3v) is 0. The topological polar surface area (TPSA) is 143 Å². The van der Waals surface area contributed by atoms with Crippen molar-refractivity contribution in [2.75, 3.05) is 0 Å². The molecule has 0 aromatic carbocycles. The van der Waals surface area contributed by atoms with Crippen LogP contribution in [0.15, 0.2) is 0 Å². The average molecular weight is 352 g/mol. The van der Waals surface area contributed by atoms with Crippen molar-refractivity contribution >= 4 is 0 Å². The van der Waals surface area contributed by atoms with Crippen LogP contribution in [0.25, 0.3) is 0 Å². The summed E-state index contributed by atoms with van der Waals surface area (Å²) in [5.41, 5.74) is 0. The van der Waals surface area contributed by atoms with Crippen molar-refractivity contribution in [1.29, 1.82) is 31.6 Å². The van der Waals surface area contributed by atoms with Gasteiger partial charge in [-0.3, -0.25) is 0 Å². The SMILES string of the molecule is [C-]#N.[C-]#N.[C-]#N.[C-]#N.[C-]#N.[C-]#N.[Ce+3].[Fe+3]. The molecule has 0 saturated heterocycles. The molecule has 0 saturated carbocycles. The van der Waals surface area contributed by atoms with Gasteiger partial charge in [0.2, 0.25) is 0 Å². The van der Waals surface area contributed by atoms with E-state index in [1.54, 1.807) is 0 Å². The van der Waals surface area contributed by atoms with Crippen molar-refractivity contribution < 1.29 is 58.8 Å². The summed E-state index contributed by atoms with van der Waals surface area (Å²) in [5, 5.41) is 37.5. The van der Waals surface area contributed by atoms with E-state index < -0.39 is 0 Å². The molecule has 0 fully saturated rings. The molecule has 8 heteroatoms. The minimum Gasteiger partial charge on any atom is -0.512 e. The fourth-order valence-corrected chi connectivity index (χ4v) is 0. The van der Waals surface area contributed by atoms with Crippen molar-refractivity contribution in [3.63, 3.8) is 0 Å². The molecular weight excluding hydrogens is 352 g/mol. The van der Waals surface area contributed by atoms with Crippen LogP contribution >= 0.6 is 0 Å². The summed E-state index contributed by atoms with van der Waals surface area (Å²) in [7, 11) is 0. The average Bonchev–Trinajstić information content (AvgIpc) is 2.33. The summed E-state index contributed by atoms with van der Waals surface area (Å²) < 4.78 is 0. The predicted octanol–water partition coefficient (Wildman–Crippen LogP) is 0.576. The Morgan fingerprint density at radius 2 is 0.357 bits per heavy atom. The standard InChI is InChI=1S/6CN.Ce.Fe/c6*1-2;;/q6*-1;2*+3. The first-order valence-corrected chi connectivity index (χ1v) is 1.34. The van der Waals surface area contributed by atoms with Crippen molar-refractivity contribution in [1.82, 2.24) is 0 Å². The number of hydrogen-bond donors (Lipinski definition) is 0. The summed E-state index contributed by atoms with van der Waals surface area (Å²) in [4.78, 5) is 0. The van der Waals surface area contributed by atoms with Gasteiger partial charge in [0.1, 0.15) is 0 Å². The van der Waals surface area contributed by atoms with E-state index in [-0.39, 0.29) is 58.8 Å². The van der Waals surface area contributed by atoms with Crippen LogP contribution in [0.4, 0.5) is 0 Å². The predicted molar refractivity (Wildman–Crippen MR) is 29.8 cm³/mol. The Hall–Kier alpha value is -1.16. The first-order valence-electron chi connectivity index (χ1n) is 1.34. The van der Waals surface area contributed by atoms with Gasteiger partial charge < -0.3 is 71.0 Å². The Morgan fingerprint density at radius 1 is 0.357 bits per heavy atom. The molecule has 0 bridgehead atoms. The van der Waals surface area contributed by atoms with Crippen molar-refractivity contribution in [3.8, 4) is 0 Å². The van der Waals surface area contributed by atoms with Crippen LogP contribution < -0.4 is 0 Å². The molecule has 0 aliphatic rings. The van der Waals surface area contributed by atoms with Gasteiger partial charge in [0.15, 0.2) is 0 Å². The Balaban J connectivity index is -0.00000000500. The molecule has 0 amide bonds. The third kappa shape index (κ3) is 774. The Labute approximate surface area is 128 Å². The summed E-state index contributed by atoms with van der Waals surface area (Å²) in [6.07, 6.45) is 0. The molecule has 66 valence electrons. The van der Waals surface area contributed by atoms with Crippen molar-refractivity contribution in [2.45, 2.75) is 0 Å². The van der Waals surface area contributed by atoms with Crippen molar-refractivity contribution in [3.05, 3.63) is 39.4 Å². The smallest absolute Gasteiger partial charge is 0.512 e. The molecule has 0 aromatic heterocycles. The second kappa shape index (κ2) is 1030. The van der Waals surface area contributed by atoms with E-state index in [2.05, 4.69) is 0 Å². The first kappa shape index (κ1) is 76.9. The van der Waals surface area contributed by atoms with E-state index in [9.17, 15) is 0 Å². The van der Waals surface area contributed by atoms with Gasteiger partial charge in [-0.2, -0.15) is 0 Å². The molecule has 0 aromatic rings. The van der Waals surface area contributed by atoms with Crippen LogP contribution in [0.3, 0.4) is 0 Å². The summed E-state index contributed by atoms with van der Waals surface area (Å²) in [6, 6.07) is 0. The molecule has 14 heavy (non-hydrogen) atoms. The van der Waals surface area contributed by atoms with Gasteiger partial charge in [-0.1, -0.05) is 0 Å². The van der Waals surface area contributed by atoms with Gasteiger partial charge in [0, 0.05) is 0 Å². The summed E-state index contributed by atoms with van der Waals surface area (Å²) >= 11 is 0. The molecule has 6 nitrogen and oxygen atoms in total. The van der Waals surface area contributed by atoms with Crippen LogP contribution in [-0.2, 0) is 17.1 Å². The fraction of sp³-hybridized carbons (Fsp3) is 0. The molecule has 0 rings (SSSR count). The van der Waals surface area contributed by atoms with Crippen LogP contribution in [0.1, 0.15) is 0 Å². The maximum atomic E-state index is 6.25. The summed E-state index contributed by atoms with van der Waals surface area (Å²) in [6.45, 7) is 28.5. The molecule has 0 aliphatic heterocycles. The molecule has 0 aliphatic carbocycles. The summed E-state index contributed by atoms with van der Waals surface area (Å²) in [5.74, 6) is 0. The molecule has 2 radical (unpaired) electrons. The quantitative estimate of drug-likeness (QED) is 0.461. The molecule has 0 N–H and O–H groups in total. The minimum absolute atomic E-state index is 0. The maximum Gasteiger partial charge on any atom is 3.00 e. The minimum atomic E-state index is 0. The Kier molecular flexibility index (Phi) is 5630. The van der Waals surface area contributed by atoms with Crippen LogP contribution in [0.5, 0.6) is 0 Å². The van der Waals surface area contributed by atoms with E-state index in [1.807, 2.05) is 0 Å². The second-order valence-corrected chi connectivity index (χ2v) is 0. The monoisotopic (exact) mass is 352 g/mol. The zero-order valence-electron chi connectivity index (χ0n) is 6.54. The third-order valence-electron chi connectivity index (χ3n) is 0. The largest absolute Gasteiger partial charge is 3.00 e. The molecule has 0 atom stereocenters. The normalized spacial score (nSPS) is 0.857. The molecular formula is C6CeFeN6. The molecule has 0 spiro atoms. The van der Waals surface area contributed by atoms with Gasteiger partial charge in [-0.25, -0.2) is 0 Å². The van der Waals surface area contributed by atoms with Crippen molar-refractivity contribution in [2.24, 2.45) is 0 Å². The Morgan fingerprint density at radius 3 is 0.357 bits per heavy atom. The van der Waals surface area contributed by atoms with Crippen LogP contribution in [0.2, 0.25) is 0 Å². The van der Waals surface area contributed by atoms with Gasteiger partial charge in [0.25, 0.3) is 0 Å². The molecule has 0 unspecified atom stereocenters. The molecule has 0 heterocycles. The maximum absolute atomic E-state index is 6.25. The Bertz CT molecular complexity index is 97.3. The second-order valence-electron chi connectivity index (χ2n) is 0. The van der Waals surface area contributed by atoms with Crippen LogP contribution in [-0.4, -0.2) is 0 Å². The van der Waals surface area contributed by atoms with Gasteiger partial charge in [0.05, 0.1) is 0 Å². The first-order chi connectivity index (χ1) is 6.00. The van der Waals surface area contributed by atoms with Gasteiger partial charge >= 0.3 is 58.8 Å². The van der Waals surface area contributed by atoms with E-state index in [0.29, 0.717) is 0 Å². The van der Waals surface area contributed by atoms with E-state index in [0.717, 1.165) is 0 Å².